The van der Waals surface area contributed by atoms with E-state index in [2.05, 4.69) is 9.97 Å². The summed E-state index contributed by atoms with van der Waals surface area (Å²) < 4.78 is 27.9. The first-order valence-corrected chi connectivity index (χ1v) is 7.06. The van der Waals surface area contributed by atoms with E-state index in [9.17, 15) is 5.11 Å². The molecule has 3 rings (SSSR count). The minimum Gasteiger partial charge on any atom is -0.481 e. The normalized spacial score (nSPS) is 32.8. The van der Waals surface area contributed by atoms with Crippen LogP contribution in [0.25, 0.3) is 0 Å². The van der Waals surface area contributed by atoms with Gasteiger partial charge in [0, 0.05) is 6.20 Å². The molecule has 4 atom stereocenters. The molecule has 8 nitrogen and oxygen atoms in total. The van der Waals surface area contributed by atoms with E-state index < -0.39 is 18.0 Å². The summed E-state index contributed by atoms with van der Waals surface area (Å²) in [6, 6.07) is 0.206. The third-order valence-electron chi connectivity index (χ3n) is 3.77. The first-order valence-electron chi connectivity index (χ1n) is 7.06. The summed E-state index contributed by atoms with van der Waals surface area (Å²) in [5.41, 5.74) is 0.635. The van der Waals surface area contributed by atoms with Gasteiger partial charge in [-0.3, -0.25) is 0 Å². The van der Waals surface area contributed by atoms with Crippen LogP contribution in [0.15, 0.2) is 6.20 Å². The van der Waals surface area contributed by atoms with Crippen LogP contribution in [-0.4, -0.2) is 60.0 Å². The molecule has 1 aromatic heterocycles. The maximum absolute atomic E-state index is 9.51. The van der Waals surface area contributed by atoms with E-state index in [1.165, 1.54) is 14.2 Å². The van der Waals surface area contributed by atoms with Gasteiger partial charge in [-0.1, -0.05) is 0 Å². The Balaban J connectivity index is 1.94. The van der Waals surface area contributed by atoms with Crippen molar-refractivity contribution < 1.29 is 28.8 Å². The highest BCUT2D eigenvalue weighted by Gasteiger charge is 2.56. The number of rotatable bonds is 4. The van der Waals surface area contributed by atoms with E-state index >= 15 is 0 Å². The molecule has 2 aliphatic heterocycles. The van der Waals surface area contributed by atoms with Crippen molar-refractivity contribution in [2.75, 3.05) is 20.8 Å². The van der Waals surface area contributed by atoms with Crippen molar-refractivity contribution in [3.05, 3.63) is 11.8 Å². The lowest BCUT2D eigenvalue weighted by Gasteiger charge is -2.24. The van der Waals surface area contributed by atoms with Crippen LogP contribution >= 0.6 is 0 Å². The molecule has 1 N–H and O–H groups in total. The number of hydrogen-bond donors (Lipinski definition) is 1. The van der Waals surface area contributed by atoms with Crippen molar-refractivity contribution in [3.8, 4) is 11.9 Å². The first kappa shape index (κ1) is 15.4. The first-order chi connectivity index (χ1) is 10.5. The third kappa shape index (κ3) is 2.52. The lowest BCUT2D eigenvalue weighted by molar-refractivity contribution is -0.191. The summed E-state index contributed by atoms with van der Waals surface area (Å²) >= 11 is 0. The predicted octanol–water partition coefficient (Wildman–Crippen LogP) is 0.446. The van der Waals surface area contributed by atoms with Crippen LogP contribution < -0.4 is 9.47 Å². The number of hydrogen-bond acceptors (Lipinski definition) is 8. The molecule has 2 saturated heterocycles. The Morgan fingerprint density at radius 2 is 1.95 bits per heavy atom. The zero-order valence-corrected chi connectivity index (χ0v) is 13.0. The molecule has 0 aromatic carbocycles. The van der Waals surface area contributed by atoms with Crippen LogP contribution in [0.5, 0.6) is 11.9 Å². The quantitative estimate of drug-likeness (QED) is 0.856. The number of aliphatic hydroxyl groups excluding tert-OH is 1. The molecule has 8 heteroatoms. The van der Waals surface area contributed by atoms with Gasteiger partial charge in [0.05, 0.1) is 26.4 Å². The molecule has 0 aliphatic carbocycles. The van der Waals surface area contributed by atoms with Crippen LogP contribution in [0.2, 0.25) is 0 Å². The average molecular weight is 312 g/mol. The molecule has 0 saturated carbocycles. The second-order valence-corrected chi connectivity index (χ2v) is 5.66. The van der Waals surface area contributed by atoms with Gasteiger partial charge in [0.25, 0.3) is 0 Å². The fourth-order valence-corrected chi connectivity index (χ4v) is 2.90. The molecular weight excluding hydrogens is 292 g/mol. The number of nitrogens with zero attached hydrogens (tertiary/aromatic N) is 2. The van der Waals surface area contributed by atoms with E-state index in [1.807, 2.05) is 13.8 Å². The Labute approximate surface area is 128 Å². The van der Waals surface area contributed by atoms with Crippen LogP contribution in [0.1, 0.15) is 25.5 Å². The van der Waals surface area contributed by atoms with Gasteiger partial charge in [-0.15, -0.1) is 0 Å². The molecule has 122 valence electrons. The molecule has 0 bridgehead atoms. The van der Waals surface area contributed by atoms with Gasteiger partial charge < -0.3 is 28.8 Å². The number of methoxy groups -OCH3 is 2. The molecular formula is C14H20N2O6. The van der Waals surface area contributed by atoms with Crippen LogP contribution in [0, 0.1) is 0 Å². The fraction of sp³-hybridized carbons (Fsp3) is 0.714. The standard InChI is InChI=1S/C14H20N2O6/c1-14(2)21-10-8(6-17)20-9(11(10)22-14)7-5-15-13(19-4)16-12(7)18-3/h5,8-11,17H,6H2,1-4H3/t8-,9+,10-,11?/m1/s1. The number of aromatic nitrogens is 2. The number of aliphatic hydroxyl groups is 1. The summed E-state index contributed by atoms with van der Waals surface area (Å²) in [5, 5.41) is 9.51. The molecule has 0 spiro atoms. The minimum absolute atomic E-state index is 0.156. The number of fused-ring (bicyclic) bond motifs is 1. The summed E-state index contributed by atoms with van der Waals surface area (Å²) in [4.78, 5) is 8.26. The zero-order valence-electron chi connectivity index (χ0n) is 13.0. The van der Waals surface area contributed by atoms with E-state index in [1.54, 1.807) is 6.20 Å². The molecule has 3 heterocycles. The van der Waals surface area contributed by atoms with E-state index in [0.29, 0.717) is 11.4 Å². The maximum Gasteiger partial charge on any atom is 0.319 e. The van der Waals surface area contributed by atoms with Crippen LogP contribution in [-0.2, 0) is 14.2 Å². The molecule has 2 fully saturated rings. The van der Waals surface area contributed by atoms with Gasteiger partial charge in [0.1, 0.15) is 24.4 Å². The van der Waals surface area contributed by atoms with Crippen molar-refractivity contribution in [3.63, 3.8) is 0 Å². The smallest absolute Gasteiger partial charge is 0.319 e. The third-order valence-corrected chi connectivity index (χ3v) is 3.77. The summed E-state index contributed by atoms with van der Waals surface area (Å²) in [6.07, 6.45) is -0.0795. The van der Waals surface area contributed by atoms with Crippen molar-refractivity contribution in [2.45, 2.75) is 44.1 Å². The van der Waals surface area contributed by atoms with Gasteiger partial charge in [-0.2, -0.15) is 4.98 Å². The van der Waals surface area contributed by atoms with Crippen LogP contribution in [0.4, 0.5) is 0 Å². The van der Waals surface area contributed by atoms with Crippen molar-refractivity contribution in [1.29, 1.82) is 0 Å². The predicted molar refractivity (Wildman–Crippen MR) is 73.7 cm³/mol. The molecule has 0 radical (unpaired) electrons. The van der Waals surface area contributed by atoms with Gasteiger partial charge >= 0.3 is 6.01 Å². The van der Waals surface area contributed by atoms with Crippen molar-refractivity contribution in [2.24, 2.45) is 0 Å². The lowest BCUT2D eigenvalue weighted by Crippen LogP contribution is -2.31. The summed E-state index contributed by atoms with van der Waals surface area (Å²) in [7, 11) is 2.99. The monoisotopic (exact) mass is 312 g/mol. The highest BCUT2D eigenvalue weighted by molar-refractivity contribution is 5.30. The topological polar surface area (TPSA) is 92.2 Å². The van der Waals surface area contributed by atoms with E-state index in [0.717, 1.165) is 0 Å². The molecule has 1 unspecified atom stereocenters. The largest absolute Gasteiger partial charge is 0.481 e. The second kappa shape index (κ2) is 5.62. The van der Waals surface area contributed by atoms with Gasteiger partial charge in [0.2, 0.25) is 5.88 Å². The maximum atomic E-state index is 9.51. The fourth-order valence-electron chi connectivity index (χ4n) is 2.90. The average Bonchev–Trinajstić information content (AvgIpc) is 2.99. The molecule has 1 aromatic rings. The SMILES string of the molecule is COc1ncc([C@@H]2O[C@H](CO)[C@H]3OC(C)(C)OC23)c(OC)n1. The van der Waals surface area contributed by atoms with E-state index in [4.69, 9.17) is 23.7 Å². The summed E-state index contributed by atoms with van der Waals surface area (Å²) in [6.45, 7) is 3.51. The minimum atomic E-state index is -0.731. The van der Waals surface area contributed by atoms with Crippen LogP contribution in [0.3, 0.4) is 0 Å². The highest BCUT2D eigenvalue weighted by Crippen LogP contribution is 2.46. The molecule has 0 amide bonds. The summed E-state index contributed by atoms with van der Waals surface area (Å²) in [5.74, 6) is -0.381. The number of ether oxygens (including phenoxy) is 5. The van der Waals surface area contributed by atoms with Gasteiger partial charge in [0.15, 0.2) is 5.79 Å². The Morgan fingerprint density at radius 1 is 1.23 bits per heavy atom. The highest BCUT2D eigenvalue weighted by atomic mass is 16.8. The second-order valence-electron chi connectivity index (χ2n) is 5.66. The van der Waals surface area contributed by atoms with Gasteiger partial charge in [-0.05, 0) is 13.8 Å². The Morgan fingerprint density at radius 3 is 2.59 bits per heavy atom. The Kier molecular flexibility index (Phi) is 3.94. The Bertz CT molecular complexity index is 552. The molecule has 22 heavy (non-hydrogen) atoms. The zero-order chi connectivity index (χ0) is 15.9. The van der Waals surface area contributed by atoms with Crippen molar-refractivity contribution in [1.82, 2.24) is 9.97 Å². The van der Waals surface area contributed by atoms with E-state index in [-0.39, 0.29) is 24.8 Å². The van der Waals surface area contributed by atoms with Gasteiger partial charge in [-0.25, -0.2) is 4.98 Å². The van der Waals surface area contributed by atoms with Crippen molar-refractivity contribution >= 4 is 0 Å². The lowest BCUT2D eigenvalue weighted by atomic mass is 10.0. The Hall–Kier alpha value is -1.48. The molecule has 2 aliphatic rings.